The maximum Gasteiger partial charge on any atom is 0.228 e. The van der Waals surface area contributed by atoms with E-state index >= 15 is 0 Å². The zero-order chi connectivity index (χ0) is 20.4. The monoisotopic (exact) mass is 396 g/mol. The van der Waals surface area contributed by atoms with E-state index in [1.807, 2.05) is 43.3 Å². The maximum atomic E-state index is 14.4. The molecule has 29 heavy (non-hydrogen) atoms. The summed E-state index contributed by atoms with van der Waals surface area (Å²) in [4.78, 5) is 13.8. The molecule has 4 rings (SSSR count). The molecule has 2 aromatic carbocycles. The summed E-state index contributed by atoms with van der Waals surface area (Å²) in [6, 6.07) is 11.9. The fourth-order valence-corrected chi connectivity index (χ4v) is 4.11. The van der Waals surface area contributed by atoms with E-state index in [-0.39, 0.29) is 6.04 Å². The van der Waals surface area contributed by atoms with Crippen LogP contribution in [0.25, 0.3) is 10.9 Å². The zero-order valence-electron chi connectivity index (χ0n) is 16.9. The van der Waals surface area contributed by atoms with E-state index in [9.17, 15) is 8.78 Å². The summed E-state index contributed by atoms with van der Waals surface area (Å²) in [6.07, 6.45) is 5.55. The fraction of sp³-hybridized carbons (Fsp3) is 0.391. The van der Waals surface area contributed by atoms with Gasteiger partial charge in [-0.25, -0.2) is 13.8 Å². The van der Waals surface area contributed by atoms with E-state index in [0.717, 1.165) is 48.5 Å². The van der Waals surface area contributed by atoms with Crippen molar-refractivity contribution in [3.63, 3.8) is 0 Å². The van der Waals surface area contributed by atoms with Crippen LogP contribution in [-0.4, -0.2) is 30.1 Å². The van der Waals surface area contributed by atoms with Crippen molar-refractivity contribution in [3.05, 3.63) is 59.7 Å². The molecule has 1 aliphatic carbocycles. The van der Waals surface area contributed by atoms with Crippen molar-refractivity contribution in [2.24, 2.45) is 0 Å². The van der Waals surface area contributed by atoms with Gasteiger partial charge in [-0.2, -0.15) is 4.98 Å². The summed E-state index contributed by atoms with van der Waals surface area (Å²) in [7, 11) is 3.92. The van der Waals surface area contributed by atoms with Crippen LogP contribution in [0.2, 0.25) is 0 Å². The summed E-state index contributed by atoms with van der Waals surface area (Å²) in [6.45, 7) is 0.321. The molecular weight excluding hydrogens is 370 g/mol. The van der Waals surface area contributed by atoms with E-state index in [0.29, 0.717) is 18.1 Å². The Morgan fingerprint density at radius 1 is 0.966 bits per heavy atom. The lowest BCUT2D eigenvalue weighted by Gasteiger charge is -2.35. The van der Waals surface area contributed by atoms with Gasteiger partial charge in [-0.1, -0.05) is 37.5 Å². The van der Waals surface area contributed by atoms with Crippen LogP contribution < -0.4 is 9.80 Å². The van der Waals surface area contributed by atoms with Gasteiger partial charge in [0.2, 0.25) is 5.95 Å². The molecule has 0 radical (unpaired) electrons. The van der Waals surface area contributed by atoms with Gasteiger partial charge in [-0.3, -0.25) is 0 Å². The number of hydrogen-bond donors (Lipinski definition) is 0. The minimum absolute atomic E-state index is 0.240. The average Bonchev–Trinajstić information content (AvgIpc) is 2.73. The van der Waals surface area contributed by atoms with Crippen LogP contribution in [0.4, 0.5) is 20.5 Å². The van der Waals surface area contributed by atoms with Crippen LogP contribution in [0, 0.1) is 11.6 Å². The van der Waals surface area contributed by atoms with Crippen LogP contribution in [0.1, 0.15) is 37.7 Å². The highest BCUT2D eigenvalue weighted by atomic mass is 19.1. The van der Waals surface area contributed by atoms with Crippen LogP contribution in [-0.2, 0) is 6.54 Å². The quantitative estimate of drug-likeness (QED) is 0.585. The Kier molecular flexibility index (Phi) is 5.60. The molecule has 0 saturated heterocycles. The highest BCUT2D eigenvalue weighted by molar-refractivity contribution is 5.90. The van der Waals surface area contributed by atoms with Crippen molar-refractivity contribution in [2.75, 3.05) is 23.9 Å². The number of aromatic nitrogens is 2. The Morgan fingerprint density at radius 2 is 1.72 bits per heavy atom. The molecule has 1 aromatic heterocycles. The standard InChI is InChI=1S/C23H26F2N4/c1-28(2)22-19-10-6-7-11-21(19)26-23(27-22)29(18-8-4-3-5-9-18)15-16-12-13-17(24)14-20(16)25/h6-7,10-14,18H,3-5,8-9,15H2,1-2H3. The average molecular weight is 396 g/mol. The highest BCUT2D eigenvalue weighted by Gasteiger charge is 2.26. The third kappa shape index (κ3) is 4.16. The predicted molar refractivity (Wildman–Crippen MR) is 113 cm³/mol. The molecule has 1 fully saturated rings. The minimum atomic E-state index is -0.563. The number of nitrogens with zero attached hydrogens (tertiary/aromatic N) is 4. The van der Waals surface area contributed by atoms with Crippen molar-refractivity contribution in [1.29, 1.82) is 0 Å². The zero-order valence-corrected chi connectivity index (χ0v) is 16.9. The molecule has 0 bridgehead atoms. The van der Waals surface area contributed by atoms with Crippen molar-refractivity contribution < 1.29 is 8.78 Å². The molecule has 6 heteroatoms. The lowest BCUT2D eigenvalue weighted by molar-refractivity contribution is 0.407. The topological polar surface area (TPSA) is 32.3 Å². The van der Waals surface area contributed by atoms with Gasteiger partial charge in [0, 0.05) is 43.7 Å². The van der Waals surface area contributed by atoms with E-state index in [1.165, 1.54) is 18.6 Å². The first-order chi connectivity index (χ1) is 14.0. The van der Waals surface area contributed by atoms with Crippen molar-refractivity contribution in [2.45, 2.75) is 44.7 Å². The lowest BCUT2D eigenvalue weighted by Crippen LogP contribution is -2.38. The summed E-state index contributed by atoms with van der Waals surface area (Å²) in [5.41, 5.74) is 1.32. The first-order valence-corrected chi connectivity index (χ1v) is 10.2. The van der Waals surface area contributed by atoms with Gasteiger partial charge in [0.15, 0.2) is 0 Å². The Bertz CT molecular complexity index is 999. The predicted octanol–water partition coefficient (Wildman–Crippen LogP) is 5.31. The second-order valence-electron chi connectivity index (χ2n) is 7.91. The molecule has 4 nitrogen and oxygen atoms in total. The Morgan fingerprint density at radius 3 is 2.45 bits per heavy atom. The number of fused-ring (bicyclic) bond motifs is 1. The largest absolute Gasteiger partial charge is 0.362 e. The number of hydrogen-bond acceptors (Lipinski definition) is 4. The summed E-state index contributed by atoms with van der Waals surface area (Å²) in [5.74, 6) is 0.348. The van der Waals surface area contributed by atoms with Gasteiger partial charge in [0.1, 0.15) is 17.5 Å². The molecule has 0 spiro atoms. The smallest absolute Gasteiger partial charge is 0.228 e. The Hall–Kier alpha value is -2.76. The molecule has 0 unspecified atom stereocenters. The Balaban J connectivity index is 1.80. The van der Waals surface area contributed by atoms with Crippen molar-refractivity contribution in [1.82, 2.24) is 9.97 Å². The second-order valence-corrected chi connectivity index (χ2v) is 7.91. The van der Waals surface area contributed by atoms with Crippen molar-refractivity contribution >= 4 is 22.7 Å². The number of rotatable bonds is 5. The molecule has 0 atom stereocenters. The summed E-state index contributed by atoms with van der Waals surface area (Å²) < 4.78 is 27.8. The minimum Gasteiger partial charge on any atom is -0.362 e. The molecular formula is C23H26F2N4. The molecule has 3 aromatic rings. The third-order valence-corrected chi connectivity index (χ3v) is 5.62. The first kappa shape index (κ1) is 19.6. The fourth-order valence-electron chi connectivity index (χ4n) is 4.11. The van der Waals surface area contributed by atoms with E-state index in [1.54, 1.807) is 0 Å². The number of benzene rings is 2. The van der Waals surface area contributed by atoms with Crippen LogP contribution in [0.3, 0.4) is 0 Å². The molecule has 1 aliphatic rings. The Labute approximate surface area is 170 Å². The molecule has 1 saturated carbocycles. The normalized spacial score (nSPS) is 14.9. The molecule has 0 N–H and O–H groups in total. The van der Waals surface area contributed by atoms with Crippen LogP contribution in [0.15, 0.2) is 42.5 Å². The maximum absolute atomic E-state index is 14.4. The number of anilines is 2. The lowest BCUT2D eigenvalue weighted by atomic mass is 9.94. The van der Waals surface area contributed by atoms with E-state index < -0.39 is 11.6 Å². The van der Waals surface area contributed by atoms with Crippen LogP contribution >= 0.6 is 0 Å². The summed E-state index contributed by atoms with van der Waals surface area (Å²) in [5, 5.41) is 0.984. The second kappa shape index (κ2) is 8.31. The molecule has 0 amide bonds. The molecule has 0 aliphatic heterocycles. The summed E-state index contributed by atoms with van der Waals surface area (Å²) >= 11 is 0. The molecule has 1 heterocycles. The van der Waals surface area contributed by atoms with E-state index in [4.69, 9.17) is 9.97 Å². The molecule has 152 valence electrons. The van der Waals surface area contributed by atoms with E-state index in [2.05, 4.69) is 4.90 Å². The van der Waals surface area contributed by atoms with Gasteiger partial charge in [-0.15, -0.1) is 0 Å². The first-order valence-electron chi connectivity index (χ1n) is 10.2. The van der Waals surface area contributed by atoms with Crippen molar-refractivity contribution in [3.8, 4) is 0 Å². The van der Waals surface area contributed by atoms with Gasteiger partial charge >= 0.3 is 0 Å². The van der Waals surface area contributed by atoms with Gasteiger partial charge in [0.25, 0.3) is 0 Å². The third-order valence-electron chi connectivity index (χ3n) is 5.62. The van der Waals surface area contributed by atoms with Crippen LogP contribution in [0.5, 0.6) is 0 Å². The number of halogens is 2. The SMILES string of the molecule is CN(C)c1nc(N(Cc2ccc(F)cc2F)C2CCCCC2)nc2ccccc12. The highest BCUT2D eigenvalue weighted by Crippen LogP contribution is 2.31. The van der Waals surface area contributed by atoms with Gasteiger partial charge in [-0.05, 0) is 31.0 Å². The number of para-hydroxylation sites is 1. The van der Waals surface area contributed by atoms with Gasteiger partial charge in [0.05, 0.1) is 5.52 Å². The van der Waals surface area contributed by atoms with Gasteiger partial charge < -0.3 is 9.80 Å².